The molecule has 0 radical (unpaired) electrons. The summed E-state index contributed by atoms with van der Waals surface area (Å²) < 4.78 is 4.45. The first-order valence-corrected chi connectivity index (χ1v) is 5.74. The van der Waals surface area contributed by atoms with E-state index in [-0.39, 0.29) is 24.9 Å². The van der Waals surface area contributed by atoms with Crippen molar-refractivity contribution in [1.29, 1.82) is 0 Å². The summed E-state index contributed by atoms with van der Waals surface area (Å²) in [6.45, 7) is -0.160. The van der Waals surface area contributed by atoms with Crippen molar-refractivity contribution < 1.29 is 24.2 Å². The SMILES string of the molecule is COC(=O)CN(C)C(=O)NC(CC(=O)O)C1CC1. The Balaban J connectivity index is 2.44. The number of rotatable bonds is 6. The van der Waals surface area contributed by atoms with E-state index in [0.29, 0.717) is 0 Å². The van der Waals surface area contributed by atoms with Crippen LogP contribution in [0.2, 0.25) is 0 Å². The lowest BCUT2D eigenvalue weighted by Gasteiger charge is -2.21. The highest BCUT2D eigenvalue weighted by molar-refractivity contribution is 5.81. The summed E-state index contributed by atoms with van der Waals surface area (Å²) >= 11 is 0. The van der Waals surface area contributed by atoms with Crippen LogP contribution in [0.25, 0.3) is 0 Å². The molecule has 0 saturated heterocycles. The van der Waals surface area contributed by atoms with Crippen LogP contribution in [0.15, 0.2) is 0 Å². The maximum Gasteiger partial charge on any atom is 0.325 e. The Morgan fingerprint density at radius 3 is 2.50 bits per heavy atom. The van der Waals surface area contributed by atoms with Crippen molar-refractivity contribution in [1.82, 2.24) is 10.2 Å². The van der Waals surface area contributed by atoms with Gasteiger partial charge in [0.15, 0.2) is 0 Å². The molecule has 0 aromatic heterocycles. The second-order valence-corrected chi connectivity index (χ2v) is 4.42. The van der Waals surface area contributed by atoms with Crippen LogP contribution in [-0.4, -0.2) is 54.7 Å². The van der Waals surface area contributed by atoms with E-state index >= 15 is 0 Å². The van der Waals surface area contributed by atoms with Gasteiger partial charge in [-0.25, -0.2) is 4.79 Å². The molecule has 0 bridgehead atoms. The number of hydrogen-bond acceptors (Lipinski definition) is 4. The van der Waals surface area contributed by atoms with Gasteiger partial charge < -0.3 is 20.1 Å². The summed E-state index contributed by atoms with van der Waals surface area (Å²) in [5, 5.41) is 11.4. The third-order valence-electron chi connectivity index (χ3n) is 2.84. The standard InChI is InChI=1S/C11H18N2O5/c1-13(6-10(16)18-2)11(17)12-8(5-9(14)15)7-3-4-7/h7-8H,3-6H2,1-2H3,(H,12,17)(H,14,15). The average molecular weight is 258 g/mol. The molecule has 7 nitrogen and oxygen atoms in total. The minimum absolute atomic E-state index is 0.0948. The maximum atomic E-state index is 11.7. The fourth-order valence-corrected chi connectivity index (χ4v) is 1.62. The van der Waals surface area contributed by atoms with E-state index in [1.165, 1.54) is 19.1 Å². The smallest absolute Gasteiger partial charge is 0.325 e. The predicted octanol–water partition coefficient (Wildman–Crippen LogP) is 0.0541. The molecule has 1 fully saturated rings. The molecule has 2 amide bonds. The molecule has 1 unspecified atom stereocenters. The Kier molecular flexibility index (Phi) is 4.94. The molecule has 1 rings (SSSR count). The number of carboxylic acids is 1. The molecule has 1 atom stereocenters. The van der Waals surface area contributed by atoms with Gasteiger partial charge in [-0.05, 0) is 18.8 Å². The Labute approximate surface area is 105 Å². The van der Waals surface area contributed by atoms with Gasteiger partial charge in [0.05, 0.1) is 13.5 Å². The molecule has 1 saturated carbocycles. The Morgan fingerprint density at radius 2 is 2.06 bits per heavy atom. The van der Waals surface area contributed by atoms with E-state index in [1.54, 1.807) is 0 Å². The molecule has 0 aromatic carbocycles. The monoisotopic (exact) mass is 258 g/mol. The number of hydrogen-bond donors (Lipinski definition) is 2. The largest absolute Gasteiger partial charge is 0.481 e. The topological polar surface area (TPSA) is 95.9 Å². The van der Waals surface area contributed by atoms with Crippen molar-refractivity contribution in [2.75, 3.05) is 20.7 Å². The highest BCUT2D eigenvalue weighted by atomic mass is 16.5. The van der Waals surface area contributed by atoms with Crippen molar-refractivity contribution in [2.45, 2.75) is 25.3 Å². The zero-order valence-corrected chi connectivity index (χ0v) is 10.5. The summed E-state index contributed by atoms with van der Waals surface area (Å²) in [7, 11) is 2.70. The van der Waals surface area contributed by atoms with Crippen molar-refractivity contribution in [3.8, 4) is 0 Å². The quantitative estimate of drug-likeness (QED) is 0.656. The lowest BCUT2D eigenvalue weighted by Crippen LogP contribution is -2.46. The molecular weight excluding hydrogens is 240 g/mol. The maximum absolute atomic E-state index is 11.7. The number of nitrogens with one attached hydrogen (secondary N) is 1. The number of nitrogens with zero attached hydrogens (tertiary/aromatic N) is 1. The lowest BCUT2D eigenvalue weighted by molar-refractivity contribution is -0.141. The first-order chi connectivity index (χ1) is 8.43. The van der Waals surface area contributed by atoms with E-state index in [2.05, 4.69) is 10.1 Å². The average Bonchev–Trinajstić information content (AvgIpc) is 3.10. The summed E-state index contributed by atoms with van der Waals surface area (Å²) in [4.78, 5) is 34.6. The second-order valence-electron chi connectivity index (χ2n) is 4.42. The van der Waals surface area contributed by atoms with Crippen LogP contribution in [-0.2, 0) is 14.3 Å². The zero-order chi connectivity index (χ0) is 13.7. The van der Waals surface area contributed by atoms with E-state index in [9.17, 15) is 14.4 Å². The van der Waals surface area contributed by atoms with Gasteiger partial charge in [-0.3, -0.25) is 9.59 Å². The van der Waals surface area contributed by atoms with Crippen LogP contribution in [0, 0.1) is 5.92 Å². The lowest BCUT2D eigenvalue weighted by atomic mass is 10.1. The molecular formula is C11H18N2O5. The molecule has 1 aliphatic rings. The van der Waals surface area contributed by atoms with Crippen molar-refractivity contribution in [3.63, 3.8) is 0 Å². The number of esters is 1. The van der Waals surface area contributed by atoms with Crippen LogP contribution in [0.3, 0.4) is 0 Å². The number of methoxy groups -OCH3 is 1. The first-order valence-electron chi connectivity index (χ1n) is 5.74. The number of urea groups is 1. The summed E-state index contributed by atoms with van der Waals surface area (Å²) in [5.74, 6) is -1.23. The Hall–Kier alpha value is -1.79. The normalized spacial score (nSPS) is 15.7. The van der Waals surface area contributed by atoms with Crippen LogP contribution >= 0.6 is 0 Å². The van der Waals surface area contributed by atoms with Crippen molar-refractivity contribution in [2.24, 2.45) is 5.92 Å². The fraction of sp³-hybridized carbons (Fsp3) is 0.727. The van der Waals surface area contributed by atoms with Crippen LogP contribution < -0.4 is 5.32 Å². The number of carbonyl (C=O) groups excluding carboxylic acids is 2. The first kappa shape index (κ1) is 14.3. The Bertz CT molecular complexity index is 340. The van der Waals surface area contributed by atoms with E-state index in [1.807, 2.05) is 0 Å². The number of carboxylic acid groups (broad SMARTS) is 1. The molecule has 18 heavy (non-hydrogen) atoms. The third kappa shape index (κ3) is 4.60. The summed E-state index contributed by atoms with van der Waals surface area (Å²) in [6, 6.07) is -0.825. The van der Waals surface area contributed by atoms with Gasteiger partial charge in [0.2, 0.25) is 0 Å². The molecule has 0 aliphatic heterocycles. The minimum Gasteiger partial charge on any atom is -0.481 e. The van der Waals surface area contributed by atoms with E-state index < -0.39 is 18.0 Å². The molecule has 7 heteroatoms. The minimum atomic E-state index is -0.942. The van der Waals surface area contributed by atoms with Crippen LogP contribution in [0.4, 0.5) is 4.79 Å². The predicted molar refractivity (Wildman–Crippen MR) is 61.9 cm³/mol. The molecule has 1 aliphatic carbocycles. The van der Waals surface area contributed by atoms with Gasteiger partial charge in [-0.1, -0.05) is 0 Å². The van der Waals surface area contributed by atoms with Crippen molar-refractivity contribution >= 4 is 18.0 Å². The zero-order valence-electron chi connectivity index (χ0n) is 10.5. The number of amides is 2. The molecule has 0 aromatic rings. The van der Waals surface area contributed by atoms with Gasteiger partial charge in [-0.15, -0.1) is 0 Å². The highest BCUT2D eigenvalue weighted by Crippen LogP contribution is 2.34. The number of carbonyl (C=O) groups is 3. The number of aliphatic carboxylic acids is 1. The van der Waals surface area contributed by atoms with Gasteiger partial charge in [-0.2, -0.15) is 0 Å². The molecule has 102 valence electrons. The Morgan fingerprint density at radius 1 is 1.44 bits per heavy atom. The van der Waals surface area contributed by atoms with Gasteiger partial charge in [0.25, 0.3) is 0 Å². The van der Waals surface area contributed by atoms with Gasteiger partial charge >= 0.3 is 18.0 Å². The second kappa shape index (κ2) is 6.23. The van der Waals surface area contributed by atoms with Crippen LogP contribution in [0.5, 0.6) is 0 Å². The summed E-state index contributed by atoms with van der Waals surface area (Å²) in [6.07, 6.45) is 1.76. The van der Waals surface area contributed by atoms with E-state index in [0.717, 1.165) is 12.8 Å². The van der Waals surface area contributed by atoms with Gasteiger partial charge in [0.1, 0.15) is 6.54 Å². The third-order valence-corrected chi connectivity index (χ3v) is 2.84. The highest BCUT2D eigenvalue weighted by Gasteiger charge is 2.34. The number of ether oxygens (including phenoxy) is 1. The van der Waals surface area contributed by atoms with Gasteiger partial charge in [0, 0.05) is 13.1 Å². The summed E-state index contributed by atoms with van der Waals surface area (Å²) in [5.41, 5.74) is 0. The van der Waals surface area contributed by atoms with Crippen LogP contribution in [0.1, 0.15) is 19.3 Å². The molecule has 0 spiro atoms. The van der Waals surface area contributed by atoms with Crippen molar-refractivity contribution in [3.05, 3.63) is 0 Å². The number of likely N-dealkylation sites (N-methyl/N-ethyl adjacent to an activating group) is 1. The van der Waals surface area contributed by atoms with E-state index in [4.69, 9.17) is 5.11 Å². The fourth-order valence-electron chi connectivity index (χ4n) is 1.62. The molecule has 0 heterocycles. The molecule has 2 N–H and O–H groups in total.